The lowest BCUT2D eigenvalue weighted by Gasteiger charge is -2.38. The summed E-state index contributed by atoms with van der Waals surface area (Å²) in [4.78, 5) is 10.7. The Kier molecular flexibility index (Phi) is 6.79. The molecule has 1 saturated heterocycles. The maximum atomic E-state index is 11.8. The van der Waals surface area contributed by atoms with E-state index >= 15 is 0 Å². The van der Waals surface area contributed by atoms with Gasteiger partial charge in [-0.3, -0.25) is 9.11 Å². The Balaban J connectivity index is 1.22. The van der Waals surface area contributed by atoms with Crippen molar-refractivity contribution in [2.24, 2.45) is 0 Å². The van der Waals surface area contributed by atoms with Crippen LogP contribution in [0, 0.1) is 0 Å². The first-order chi connectivity index (χ1) is 17.6. The molecule has 0 spiro atoms. The molecule has 3 heterocycles. The molecule has 0 atom stereocenters. The van der Waals surface area contributed by atoms with Gasteiger partial charge in [-0.05, 0) is 65.6 Å². The standard InChI is InChI=1S/C30H30ClN3OS/c31-28-10-9-21(18-27(28)30-32-19-29(33-30)22-5-2-1-3-6-22)17-23-7-4-8-24-20-34(14-11-26(23)24)25-12-15-36(35)16-13-25/h1-10,18-19,25H,11-17,20H2,(H,32,33). The van der Waals surface area contributed by atoms with Gasteiger partial charge in [0.25, 0.3) is 0 Å². The van der Waals surface area contributed by atoms with Crippen molar-refractivity contribution in [2.45, 2.75) is 38.3 Å². The number of hydrogen-bond donors (Lipinski definition) is 1. The molecule has 2 aliphatic heterocycles. The molecular formula is C30H30ClN3OS. The number of H-pyrrole nitrogens is 1. The molecular weight excluding hydrogens is 486 g/mol. The van der Waals surface area contributed by atoms with Crippen molar-refractivity contribution in [1.82, 2.24) is 14.9 Å². The van der Waals surface area contributed by atoms with E-state index in [2.05, 4.69) is 57.3 Å². The van der Waals surface area contributed by atoms with Gasteiger partial charge in [-0.1, -0.05) is 66.2 Å². The van der Waals surface area contributed by atoms with Gasteiger partial charge in [0.2, 0.25) is 0 Å². The van der Waals surface area contributed by atoms with E-state index in [1.54, 1.807) is 0 Å². The van der Waals surface area contributed by atoms with E-state index in [9.17, 15) is 4.21 Å². The number of imidazole rings is 1. The molecule has 1 fully saturated rings. The fourth-order valence-corrected chi connectivity index (χ4v) is 7.12. The van der Waals surface area contributed by atoms with Gasteiger partial charge in [0.05, 0.1) is 16.9 Å². The van der Waals surface area contributed by atoms with Crippen LogP contribution in [0.25, 0.3) is 22.6 Å². The molecule has 36 heavy (non-hydrogen) atoms. The lowest BCUT2D eigenvalue weighted by molar-refractivity contribution is 0.167. The van der Waals surface area contributed by atoms with E-state index in [4.69, 9.17) is 11.6 Å². The van der Waals surface area contributed by atoms with Crippen LogP contribution in [0.2, 0.25) is 5.02 Å². The number of aromatic nitrogens is 2. The Bertz CT molecular complexity index is 1390. The summed E-state index contributed by atoms with van der Waals surface area (Å²) in [6.07, 6.45) is 5.95. The summed E-state index contributed by atoms with van der Waals surface area (Å²) >= 11 is 6.62. The minimum Gasteiger partial charge on any atom is -0.338 e. The van der Waals surface area contributed by atoms with Gasteiger partial charge in [0, 0.05) is 47.0 Å². The van der Waals surface area contributed by atoms with E-state index in [1.807, 2.05) is 30.5 Å². The van der Waals surface area contributed by atoms with Crippen molar-refractivity contribution in [1.29, 1.82) is 0 Å². The number of aromatic amines is 1. The number of rotatable bonds is 5. The summed E-state index contributed by atoms with van der Waals surface area (Å²) in [6.45, 7) is 2.09. The van der Waals surface area contributed by atoms with E-state index in [-0.39, 0.29) is 0 Å². The first-order valence-electron chi connectivity index (χ1n) is 12.7. The second-order valence-electron chi connectivity index (χ2n) is 9.86. The number of nitrogens with one attached hydrogen (secondary N) is 1. The van der Waals surface area contributed by atoms with E-state index in [0.29, 0.717) is 11.1 Å². The Hall–Kier alpha value is -2.73. The van der Waals surface area contributed by atoms with Crippen LogP contribution in [0.4, 0.5) is 0 Å². The topological polar surface area (TPSA) is 49.0 Å². The van der Waals surface area contributed by atoms with Crippen LogP contribution in [-0.2, 0) is 30.2 Å². The summed E-state index contributed by atoms with van der Waals surface area (Å²) in [7, 11) is -0.606. The van der Waals surface area contributed by atoms with Gasteiger partial charge in [-0.2, -0.15) is 0 Å². The molecule has 3 aromatic carbocycles. The van der Waals surface area contributed by atoms with Crippen LogP contribution >= 0.6 is 11.6 Å². The molecule has 0 saturated carbocycles. The van der Waals surface area contributed by atoms with Gasteiger partial charge < -0.3 is 4.98 Å². The molecule has 0 unspecified atom stereocenters. The zero-order valence-corrected chi connectivity index (χ0v) is 21.8. The highest BCUT2D eigenvalue weighted by Crippen LogP contribution is 2.32. The fourth-order valence-electron chi connectivity index (χ4n) is 5.64. The molecule has 1 aromatic heterocycles. The molecule has 4 nitrogen and oxygen atoms in total. The van der Waals surface area contributed by atoms with Gasteiger partial charge in [-0.15, -0.1) is 0 Å². The predicted octanol–water partition coefficient (Wildman–Crippen LogP) is 6.26. The normalized spacial score (nSPS) is 20.2. The molecule has 0 aliphatic carbocycles. The molecule has 2 aliphatic rings. The van der Waals surface area contributed by atoms with Crippen LogP contribution in [0.1, 0.15) is 35.1 Å². The highest BCUT2D eigenvalue weighted by Gasteiger charge is 2.27. The molecule has 184 valence electrons. The largest absolute Gasteiger partial charge is 0.338 e. The van der Waals surface area contributed by atoms with Crippen molar-refractivity contribution >= 4 is 22.4 Å². The third-order valence-corrected chi connectivity index (χ3v) is 9.32. The van der Waals surface area contributed by atoms with Crippen LogP contribution in [0.5, 0.6) is 0 Å². The van der Waals surface area contributed by atoms with Crippen LogP contribution in [-0.4, -0.2) is 43.2 Å². The van der Waals surface area contributed by atoms with Crippen LogP contribution in [0.3, 0.4) is 0 Å². The number of halogens is 1. The Morgan fingerprint density at radius 3 is 2.69 bits per heavy atom. The summed E-state index contributed by atoms with van der Waals surface area (Å²) < 4.78 is 11.8. The first kappa shape index (κ1) is 23.7. The maximum Gasteiger partial charge on any atom is 0.139 e. The van der Waals surface area contributed by atoms with Crippen molar-refractivity contribution in [3.8, 4) is 22.6 Å². The summed E-state index contributed by atoms with van der Waals surface area (Å²) in [5.41, 5.74) is 8.59. The fraction of sp³-hybridized carbons (Fsp3) is 0.300. The van der Waals surface area contributed by atoms with Crippen LogP contribution in [0.15, 0.2) is 72.9 Å². The Morgan fingerprint density at radius 1 is 1.03 bits per heavy atom. The molecule has 1 N–H and O–H groups in total. The van der Waals surface area contributed by atoms with Crippen molar-refractivity contribution in [2.75, 3.05) is 18.1 Å². The lowest BCUT2D eigenvalue weighted by Crippen LogP contribution is -2.43. The Morgan fingerprint density at radius 2 is 1.86 bits per heavy atom. The Labute approximate surface area is 220 Å². The molecule has 6 heteroatoms. The molecule has 4 aromatic rings. The van der Waals surface area contributed by atoms with Crippen molar-refractivity contribution in [3.63, 3.8) is 0 Å². The number of hydrogen-bond acceptors (Lipinski definition) is 3. The average molecular weight is 516 g/mol. The summed E-state index contributed by atoms with van der Waals surface area (Å²) in [6, 6.07) is 23.8. The minimum atomic E-state index is -0.606. The van der Waals surface area contributed by atoms with Crippen LogP contribution < -0.4 is 0 Å². The highest BCUT2D eigenvalue weighted by atomic mass is 35.5. The quantitative estimate of drug-likeness (QED) is 0.341. The molecule has 6 rings (SSSR count). The third kappa shape index (κ3) is 4.93. The zero-order chi connectivity index (χ0) is 24.5. The third-order valence-electron chi connectivity index (χ3n) is 7.61. The van der Waals surface area contributed by atoms with Crippen molar-refractivity contribution < 1.29 is 4.21 Å². The number of fused-ring (bicyclic) bond motifs is 1. The van der Waals surface area contributed by atoms with Gasteiger partial charge in [0.1, 0.15) is 5.82 Å². The molecule has 0 radical (unpaired) electrons. The van der Waals surface area contributed by atoms with E-state index in [1.165, 1.54) is 22.3 Å². The van der Waals surface area contributed by atoms with Gasteiger partial charge in [0.15, 0.2) is 0 Å². The second kappa shape index (κ2) is 10.3. The molecule has 0 bridgehead atoms. The van der Waals surface area contributed by atoms with Gasteiger partial charge in [-0.25, -0.2) is 4.98 Å². The smallest absolute Gasteiger partial charge is 0.139 e. The highest BCUT2D eigenvalue weighted by molar-refractivity contribution is 7.85. The summed E-state index contributed by atoms with van der Waals surface area (Å²) in [5, 5.41) is 0.701. The average Bonchev–Trinajstić information content (AvgIpc) is 3.41. The van der Waals surface area contributed by atoms with E-state index in [0.717, 1.165) is 72.9 Å². The van der Waals surface area contributed by atoms with Gasteiger partial charge >= 0.3 is 0 Å². The number of benzene rings is 3. The minimum absolute atomic E-state index is 0.576. The first-order valence-corrected chi connectivity index (χ1v) is 14.6. The molecule has 0 amide bonds. The maximum absolute atomic E-state index is 11.8. The second-order valence-corrected chi connectivity index (χ2v) is 12.0. The zero-order valence-electron chi connectivity index (χ0n) is 20.3. The number of nitrogens with zero attached hydrogens (tertiary/aromatic N) is 2. The predicted molar refractivity (Wildman–Crippen MR) is 149 cm³/mol. The monoisotopic (exact) mass is 515 g/mol. The summed E-state index contributed by atoms with van der Waals surface area (Å²) in [5.74, 6) is 2.50. The van der Waals surface area contributed by atoms with E-state index < -0.39 is 10.8 Å². The SMILES string of the molecule is O=S1CCC(N2CCc3c(Cc4ccc(Cl)c(-c5ncc(-c6ccccc6)[nH]5)c4)cccc3C2)CC1. The lowest BCUT2D eigenvalue weighted by atomic mass is 9.90. The van der Waals surface area contributed by atoms with Crippen molar-refractivity contribution in [3.05, 3.63) is 100 Å².